The monoisotopic (exact) mass is 416 g/mol. The highest BCUT2D eigenvalue weighted by Crippen LogP contribution is 2.37. The first-order valence-corrected chi connectivity index (χ1v) is 9.99. The van der Waals surface area contributed by atoms with Gasteiger partial charge in [0.1, 0.15) is 4.90 Å². The lowest BCUT2D eigenvalue weighted by atomic mass is 10.2. The fourth-order valence-electron chi connectivity index (χ4n) is 2.85. The lowest BCUT2D eigenvalue weighted by Crippen LogP contribution is -2.15. The number of fused-ring (bicyclic) bond motifs is 1. The van der Waals surface area contributed by atoms with Gasteiger partial charge in [-0.15, -0.1) is 0 Å². The molecular formula is C20H20N2O6S. The molecular weight excluding hydrogens is 396 g/mol. The summed E-state index contributed by atoms with van der Waals surface area (Å²) in [6.07, 6.45) is 4.34. The van der Waals surface area contributed by atoms with Crippen LogP contribution in [0.3, 0.4) is 0 Å². The molecule has 1 aromatic heterocycles. The molecule has 0 atom stereocenters. The maximum atomic E-state index is 13.2. The molecule has 3 aromatic rings. The van der Waals surface area contributed by atoms with Gasteiger partial charge in [0.25, 0.3) is 10.0 Å². The molecule has 0 aliphatic carbocycles. The lowest BCUT2D eigenvalue weighted by Gasteiger charge is -2.16. The van der Waals surface area contributed by atoms with Crippen LogP contribution in [0.15, 0.2) is 53.6 Å². The topological polar surface area (TPSA) is 107 Å². The first-order valence-electron chi connectivity index (χ1n) is 8.50. The Balaban J connectivity index is 2.10. The van der Waals surface area contributed by atoms with Crippen LogP contribution in [0.25, 0.3) is 17.0 Å². The van der Waals surface area contributed by atoms with Crippen LogP contribution < -0.4 is 14.2 Å². The van der Waals surface area contributed by atoms with E-state index in [1.165, 1.54) is 39.5 Å². The Morgan fingerprint density at radius 3 is 2.59 bits per heavy atom. The fraction of sp³-hybridized carbons (Fsp3) is 0.150. The maximum Gasteiger partial charge on any atom is 0.330 e. The van der Waals surface area contributed by atoms with Crippen LogP contribution in [0.5, 0.6) is 11.5 Å². The van der Waals surface area contributed by atoms with E-state index in [4.69, 9.17) is 9.47 Å². The Kier molecular flexibility index (Phi) is 5.79. The van der Waals surface area contributed by atoms with Gasteiger partial charge in [0, 0.05) is 23.2 Å². The lowest BCUT2D eigenvalue weighted by molar-refractivity contribution is -0.134. The summed E-state index contributed by atoms with van der Waals surface area (Å²) in [4.78, 5) is 14.3. The summed E-state index contributed by atoms with van der Waals surface area (Å²) in [7, 11) is -0.0372. The number of hydrogen-bond acceptors (Lipinski definition) is 6. The third-order valence-corrected chi connectivity index (χ3v) is 5.58. The number of methoxy groups -OCH3 is 3. The number of rotatable bonds is 7. The molecule has 3 rings (SSSR count). The van der Waals surface area contributed by atoms with E-state index in [0.717, 1.165) is 10.9 Å². The Morgan fingerprint density at radius 1 is 1.10 bits per heavy atom. The van der Waals surface area contributed by atoms with Gasteiger partial charge in [-0.25, -0.2) is 13.2 Å². The molecule has 0 radical (unpaired) electrons. The van der Waals surface area contributed by atoms with Crippen molar-refractivity contribution in [1.82, 2.24) is 4.98 Å². The van der Waals surface area contributed by atoms with E-state index in [9.17, 15) is 13.2 Å². The minimum absolute atomic E-state index is 0.0523. The van der Waals surface area contributed by atoms with Gasteiger partial charge in [0.05, 0.1) is 27.0 Å². The molecule has 0 aliphatic heterocycles. The van der Waals surface area contributed by atoms with E-state index in [1.807, 2.05) is 6.07 Å². The normalized spacial score (nSPS) is 11.6. The zero-order valence-corrected chi connectivity index (χ0v) is 16.9. The van der Waals surface area contributed by atoms with Crippen molar-refractivity contribution >= 4 is 38.7 Å². The molecule has 0 saturated heterocycles. The second-order valence-corrected chi connectivity index (χ2v) is 7.61. The zero-order valence-electron chi connectivity index (χ0n) is 16.1. The molecule has 0 amide bonds. The average Bonchev–Trinajstić information content (AvgIpc) is 3.20. The minimum atomic E-state index is -4.04. The molecule has 152 valence electrons. The van der Waals surface area contributed by atoms with Gasteiger partial charge >= 0.3 is 5.97 Å². The predicted octanol–water partition coefficient (Wildman–Crippen LogP) is 3.17. The summed E-state index contributed by atoms with van der Waals surface area (Å²) in [5.74, 6) is -0.308. The second-order valence-electron chi connectivity index (χ2n) is 5.96. The summed E-state index contributed by atoms with van der Waals surface area (Å²) in [6.45, 7) is 0. The van der Waals surface area contributed by atoms with E-state index < -0.39 is 16.0 Å². The van der Waals surface area contributed by atoms with E-state index in [-0.39, 0.29) is 16.4 Å². The number of aromatic nitrogens is 1. The van der Waals surface area contributed by atoms with Crippen molar-refractivity contribution in [2.24, 2.45) is 0 Å². The average molecular weight is 416 g/mol. The quantitative estimate of drug-likeness (QED) is 0.453. The van der Waals surface area contributed by atoms with Crippen LogP contribution in [0.4, 0.5) is 5.69 Å². The highest BCUT2D eigenvalue weighted by atomic mass is 32.2. The van der Waals surface area contributed by atoms with Gasteiger partial charge in [-0.2, -0.15) is 0 Å². The number of hydrogen-bond donors (Lipinski definition) is 2. The maximum absolute atomic E-state index is 13.2. The number of aromatic amines is 1. The van der Waals surface area contributed by atoms with Crippen molar-refractivity contribution in [3.05, 3.63) is 54.2 Å². The summed E-state index contributed by atoms with van der Waals surface area (Å²) >= 11 is 0. The van der Waals surface area contributed by atoms with Crippen molar-refractivity contribution in [2.75, 3.05) is 26.1 Å². The fourth-order valence-corrected chi connectivity index (χ4v) is 4.15. The predicted molar refractivity (Wildman–Crippen MR) is 110 cm³/mol. The van der Waals surface area contributed by atoms with E-state index in [1.54, 1.807) is 30.5 Å². The summed E-state index contributed by atoms with van der Waals surface area (Å²) < 4.78 is 44.1. The minimum Gasteiger partial charge on any atom is -0.493 e. The number of esters is 1. The highest BCUT2D eigenvalue weighted by molar-refractivity contribution is 7.92. The van der Waals surface area contributed by atoms with Crippen LogP contribution in [0.2, 0.25) is 0 Å². The summed E-state index contributed by atoms with van der Waals surface area (Å²) in [5, 5.41) is 0.726. The van der Waals surface area contributed by atoms with Gasteiger partial charge in [0.15, 0.2) is 11.5 Å². The zero-order chi connectivity index (χ0) is 21.0. The van der Waals surface area contributed by atoms with Crippen molar-refractivity contribution in [1.29, 1.82) is 0 Å². The van der Waals surface area contributed by atoms with Gasteiger partial charge in [0.2, 0.25) is 0 Å². The molecule has 0 unspecified atom stereocenters. The standard InChI is InChI=1S/C20H20N2O6S/c1-26-17-11-13(7-8-19(23)27-2)12-18(20(17)28-3)29(24,25)22-16-6-4-5-15-14(16)9-10-21-15/h4-12,21-22H,1-3H3/b8-7+. The number of sulfonamides is 1. The van der Waals surface area contributed by atoms with Gasteiger partial charge in [-0.3, -0.25) is 4.72 Å². The number of nitrogens with one attached hydrogen (secondary N) is 2. The Hall–Kier alpha value is -3.46. The summed E-state index contributed by atoms with van der Waals surface area (Å²) in [5.41, 5.74) is 1.64. The van der Waals surface area contributed by atoms with Gasteiger partial charge in [-0.05, 0) is 42.0 Å². The molecule has 8 nitrogen and oxygen atoms in total. The second kappa shape index (κ2) is 8.27. The van der Waals surface area contributed by atoms with Crippen molar-refractivity contribution < 1.29 is 27.4 Å². The number of benzene rings is 2. The molecule has 9 heteroatoms. The van der Waals surface area contributed by atoms with Crippen molar-refractivity contribution in [3.63, 3.8) is 0 Å². The van der Waals surface area contributed by atoms with Gasteiger partial charge in [-0.1, -0.05) is 6.07 Å². The van der Waals surface area contributed by atoms with Crippen molar-refractivity contribution in [2.45, 2.75) is 4.90 Å². The van der Waals surface area contributed by atoms with Gasteiger partial charge < -0.3 is 19.2 Å². The van der Waals surface area contributed by atoms with Crippen molar-refractivity contribution in [3.8, 4) is 11.5 Å². The van der Waals surface area contributed by atoms with Crippen LogP contribution in [0.1, 0.15) is 5.56 Å². The Labute approximate surface area is 168 Å². The number of H-pyrrole nitrogens is 1. The van der Waals surface area contributed by atoms with Crippen LogP contribution in [-0.2, 0) is 19.6 Å². The van der Waals surface area contributed by atoms with E-state index >= 15 is 0 Å². The van der Waals surface area contributed by atoms with Crippen LogP contribution in [0, 0.1) is 0 Å². The molecule has 0 bridgehead atoms. The van der Waals surface area contributed by atoms with Crippen LogP contribution in [-0.4, -0.2) is 40.7 Å². The largest absolute Gasteiger partial charge is 0.493 e. The SMILES string of the molecule is COC(=O)/C=C/c1cc(OC)c(OC)c(S(=O)(=O)Nc2cccc3[nH]ccc23)c1. The first-order chi connectivity index (χ1) is 13.9. The Morgan fingerprint density at radius 2 is 1.90 bits per heavy atom. The van der Waals surface area contributed by atoms with E-state index in [0.29, 0.717) is 11.3 Å². The molecule has 2 aromatic carbocycles. The third kappa shape index (κ3) is 4.19. The van der Waals surface area contributed by atoms with Crippen LogP contribution >= 0.6 is 0 Å². The molecule has 0 fully saturated rings. The first kappa shape index (κ1) is 20.3. The molecule has 29 heavy (non-hydrogen) atoms. The third-order valence-electron chi connectivity index (χ3n) is 4.21. The molecule has 0 aliphatic rings. The number of ether oxygens (including phenoxy) is 3. The number of anilines is 1. The summed E-state index contributed by atoms with van der Waals surface area (Å²) in [6, 6.07) is 9.97. The number of carbonyl (C=O) groups excluding carboxylic acids is 1. The molecule has 0 saturated carbocycles. The molecule has 1 heterocycles. The Bertz CT molecular complexity index is 1180. The number of carbonyl (C=O) groups is 1. The smallest absolute Gasteiger partial charge is 0.330 e. The molecule has 0 spiro atoms. The highest BCUT2D eigenvalue weighted by Gasteiger charge is 2.24. The molecule has 2 N–H and O–H groups in total. The van der Waals surface area contributed by atoms with E-state index in [2.05, 4.69) is 14.4 Å².